The number of morpholine rings is 1. The first-order chi connectivity index (χ1) is 14.0. The molecule has 11 heteroatoms. The first kappa shape index (κ1) is 22.7. The minimum absolute atomic E-state index is 0.0913. The Morgan fingerprint density at radius 1 is 1.40 bits per heavy atom. The molecule has 0 bridgehead atoms. The van der Waals surface area contributed by atoms with Gasteiger partial charge >= 0.3 is 0 Å². The van der Waals surface area contributed by atoms with E-state index in [1.54, 1.807) is 13.8 Å². The van der Waals surface area contributed by atoms with Crippen LogP contribution in [0.5, 0.6) is 0 Å². The number of carbonyl (C=O) groups excluding carboxylic acids is 2. The van der Waals surface area contributed by atoms with Crippen LogP contribution in [0.3, 0.4) is 0 Å². The molecule has 2 aliphatic rings. The molecule has 10 nitrogen and oxygen atoms in total. The molecule has 1 aromatic rings. The lowest BCUT2D eigenvalue weighted by Gasteiger charge is -2.36. The van der Waals surface area contributed by atoms with Gasteiger partial charge in [-0.1, -0.05) is 0 Å². The third-order valence-electron chi connectivity index (χ3n) is 6.03. The van der Waals surface area contributed by atoms with Crippen LogP contribution in [-0.4, -0.2) is 71.4 Å². The average Bonchev–Trinajstić information content (AvgIpc) is 3.21. The van der Waals surface area contributed by atoms with Crippen LogP contribution >= 0.6 is 0 Å². The second-order valence-corrected chi connectivity index (χ2v) is 10.6. The molecule has 0 aliphatic carbocycles. The number of amides is 2. The lowest BCUT2D eigenvalue weighted by molar-refractivity contribution is -0.163. The Morgan fingerprint density at radius 2 is 2.10 bits per heavy atom. The van der Waals surface area contributed by atoms with E-state index in [-0.39, 0.29) is 26.2 Å². The molecule has 1 spiro atoms. The summed E-state index contributed by atoms with van der Waals surface area (Å²) in [6.07, 6.45) is 0. The lowest BCUT2D eigenvalue weighted by atomic mass is 9.87. The summed E-state index contributed by atoms with van der Waals surface area (Å²) in [5.74, 6) is -1.79. The van der Waals surface area contributed by atoms with E-state index in [1.165, 1.54) is 4.31 Å². The van der Waals surface area contributed by atoms with Gasteiger partial charge in [-0.05, 0) is 34.6 Å². The van der Waals surface area contributed by atoms with Crippen molar-refractivity contribution in [3.8, 4) is 0 Å². The predicted octanol–water partition coefficient (Wildman–Crippen LogP) is -0.309. The molecular weight excluding hydrogens is 410 g/mol. The molecule has 2 fully saturated rings. The van der Waals surface area contributed by atoms with Gasteiger partial charge in [0.15, 0.2) is 5.60 Å². The Bertz CT molecular complexity index is 941. The van der Waals surface area contributed by atoms with Crippen LogP contribution in [0.15, 0.2) is 0 Å². The van der Waals surface area contributed by atoms with Crippen LogP contribution in [0, 0.1) is 19.8 Å². The van der Waals surface area contributed by atoms with Gasteiger partial charge in [-0.15, -0.1) is 0 Å². The van der Waals surface area contributed by atoms with Gasteiger partial charge in [0.1, 0.15) is 0 Å². The smallest absolute Gasteiger partial charge is 0.254 e. The number of aromatic nitrogens is 2. The average molecular weight is 442 g/mol. The van der Waals surface area contributed by atoms with Crippen LogP contribution in [0.1, 0.15) is 37.7 Å². The largest absolute Gasteiger partial charge is 0.361 e. The molecule has 0 radical (unpaired) electrons. The monoisotopic (exact) mass is 441 g/mol. The molecule has 3 heterocycles. The van der Waals surface area contributed by atoms with Gasteiger partial charge in [-0.25, -0.2) is 8.42 Å². The van der Waals surface area contributed by atoms with Crippen LogP contribution in [0.4, 0.5) is 0 Å². The summed E-state index contributed by atoms with van der Waals surface area (Å²) in [5, 5.41) is 9.40. The van der Waals surface area contributed by atoms with Gasteiger partial charge in [0, 0.05) is 37.4 Å². The summed E-state index contributed by atoms with van der Waals surface area (Å²) in [6, 6.07) is 0. The number of aryl methyl sites for hydroxylation is 2. The number of sulfonamides is 1. The van der Waals surface area contributed by atoms with Gasteiger partial charge in [0.25, 0.3) is 5.91 Å². The van der Waals surface area contributed by atoms with E-state index in [9.17, 15) is 18.0 Å². The number of rotatable bonds is 6. The minimum Gasteiger partial charge on any atom is -0.361 e. The number of ether oxygens (including phenoxy) is 1. The van der Waals surface area contributed by atoms with Crippen molar-refractivity contribution in [2.24, 2.45) is 5.92 Å². The zero-order valence-electron chi connectivity index (χ0n) is 18.2. The van der Waals surface area contributed by atoms with Crippen molar-refractivity contribution in [2.45, 2.75) is 58.6 Å². The van der Waals surface area contributed by atoms with Crippen LogP contribution < -0.4 is 10.6 Å². The maximum absolute atomic E-state index is 13.2. The summed E-state index contributed by atoms with van der Waals surface area (Å²) in [7, 11) is -3.64. The SMILES string of the molecule is CCn1nc(C)c(CNC(=O)[C@H]2CN(S(=O)(=O)C(C)C)C[C@@]23OCCNC3=O)c1C. The Labute approximate surface area is 177 Å². The lowest BCUT2D eigenvalue weighted by Crippen LogP contribution is -2.62. The van der Waals surface area contributed by atoms with E-state index >= 15 is 0 Å². The molecule has 0 aromatic carbocycles. The number of nitrogens with zero attached hydrogens (tertiary/aromatic N) is 3. The molecule has 3 rings (SSSR count). The standard InChI is InChI=1S/C19H31N5O5S/c1-6-24-14(5)15(13(4)22-24)9-21-17(25)16-10-23(30(27,28)12(2)3)11-19(16)18(26)20-7-8-29-19/h12,16H,6-11H2,1-5H3,(H,20,26)(H,21,25)/t16-,19-/m1/s1. The van der Waals surface area contributed by atoms with Gasteiger partial charge in [-0.2, -0.15) is 9.40 Å². The Hall–Kier alpha value is -1.98. The maximum atomic E-state index is 13.2. The molecule has 2 saturated heterocycles. The van der Waals surface area contributed by atoms with E-state index in [0.29, 0.717) is 6.54 Å². The zero-order chi connectivity index (χ0) is 22.3. The van der Waals surface area contributed by atoms with E-state index in [0.717, 1.165) is 23.5 Å². The highest BCUT2D eigenvalue weighted by atomic mass is 32.2. The summed E-state index contributed by atoms with van der Waals surface area (Å²) in [4.78, 5) is 25.9. The molecule has 2 aliphatic heterocycles. The highest BCUT2D eigenvalue weighted by Gasteiger charge is 2.59. The highest BCUT2D eigenvalue weighted by molar-refractivity contribution is 7.89. The van der Waals surface area contributed by atoms with Crippen LogP contribution in [0.2, 0.25) is 0 Å². The quantitative estimate of drug-likeness (QED) is 0.624. The number of nitrogens with one attached hydrogen (secondary N) is 2. The van der Waals surface area contributed by atoms with Gasteiger partial charge < -0.3 is 15.4 Å². The Morgan fingerprint density at radius 3 is 2.67 bits per heavy atom. The van der Waals surface area contributed by atoms with Crippen molar-refractivity contribution >= 4 is 21.8 Å². The topological polar surface area (TPSA) is 123 Å². The summed E-state index contributed by atoms with van der Waals surface area (Å²) in [5.41, 5.74) is 1.19. The fraction of sp³-hybridized carbons (Fsp3) is 0.737. The van der Waals surface area contributed by atoms with E-state index in [4.69, 9.17) is 4.74 Å². The van der Waals surface area contributed by atoms with Crippen molar-refractivity contribution in [1.82, 2.24) is 24.7 Å². The normalized spacial score (nSPS) is 25.1. The summed E-state index contributed by atoms with van der Waals surface area (Å²) < 4.78 is 34.3. The predicted molar refractivity (Wildman–Crippen MR) is 110 cm³/mol. The fourth-order valence-corrected chi connectivity index (χ4v) is 5.48. The van der Waals surface area contributed by atoms with Crippen molar-refractivity contribution in [1.29, 1.82) is 0 Å². The second kappa shape index (κ2) is 8.27. The first-order valence-corrected chi connectivity index (χ1v) is 11.8. The second-order valence-electron chi connectivity index (χ2n) is 8.12. The molecule has 2 amide bonds. The third-order valence-corrected chi connectivity index (χ3v) is 8.22. The molecule has 1 aromatic heterocycles. The molecular formula is C19H31N5O5S. The Kier molecular flexibility index (Phi) is 6.26. The van der Waals surface area contributed by atoms with Crippen molar-refractivity contribution in [3.63, 3.8) is 0 Å². The third kappa shape index (κ3) is 3.74. The molecule has 168 valence electrons. The van der Waals surface area contributed by atoms with Crippen molar-refractivity contribution in [3.05, 3.63) is 17.0 Å². The fourth-order valence-electron chi connectivity index (χ4n) is 4.16. The number of hydrogen-bond donors (Lipinski definition) is 2. The van der Waals surface area contributed by atoms with Gasteiger partial charge in [0.05, 0.1) is 30.0 Å². The molecule has 30 heavy (non-hydrogen) atoms. The summed E-state index contributed by atoms with van der Waals surface area (Å²) in [6.45, 7) is 10.3. The van der Waals surface area contributed by atoms with E-state index in [2.05, 4.69) is 15.7 Å². The zero-order valence-corrected chi connectivity index (χ0v) is 19.0. The maximum Gasteiger partial charge on any atom is 0.254 e. The van der Waals surface area contributed by atoms with Crippen molar-refractivity contribution < 1.29 is 22.7 Å². The molecule has 2 atom stereocenters. The first-order valence-electron chi connectivity index (χ1n) is 10.3. The van der Waals surface area contributed by atoms with Crippen molar-refractivity contribution in [2.75, 3.05) is 26.2 Å². The Balaban J connectivity index is 1.85. The summed E-state index contributed by atoms with van der Waals surface area (Å²) >= 11 is 0. The van der Waals surface area contributed by atoms with Gasteiger partial charge in [0.2, 0.25) is 15.9 Å². The van der Waals surface area contributed by atoms with Crippen LogP contribution in [-0.2, 0) is 37.4 Å². The van der Waals surface area contributed by atoms with Gasteiger partial charge in [-0.3, -0.25) is 14.3 Å². The van der Waals surface area contributed by atoms with E-state index in [1.807, 2.05) is 25.5 Å². The molecule has 0 unspecified atom stereocenters. The number of carbonyl (C=O) groups is 2. The van der Waals surface area contributed by atoms with E-state index < -0.39 is 38.6 Å². The number of hydrogen-bond acceptors (Lipinski definition) is 6. The van der Waals surface area contributed by atoms with Crippen LogP contribution in [0.25, 0.3) is 0 Å². The molecule has 2 N–H and O–H groups in total. The highest BCUT2D eigenvalue weighted by Crippen LogP contribution is 2.36. The minimum atomic E-state index is -3.64. The molecule has 0 saturated carbocycles.